The maximum atomic E-state index is 11.5. The van der Waals surface area contributed by atoms with E-state index in [2.05, 4.69) is 21.2 Å². The largest absolute Gasteiger partial charge is 0.497 e. The van der Waals surface area contributed by atoms with Gasteiger partial charge in [0.2, 0.25) is 0 Å². The molecule has 0 saturated carbocycles. The second-order valence-corrected chi connectivity index (χ2v) is 4.06. The molecule has 0 spiro atoms. The molecule has 1 heterocycles. The Balaban J connectivity index is 2.37. The molecule has 0 aliphatic carbocycles. The summed E-state index contributed by atoms with van der Waals surface area (Å²) >= 11 is 3.42. The van der Waals surface area contributed by atoms with Gasteiger partial charge < -0.3 is 10.1 Å². The third kappa shape index (κ3) is 1.92. The van der Waals surface area contributed by atoms with E-state index >= 15 is 0 Å². The van der Waals surface area contributed by atoms with Crippen molar-refractivity contribution in [3.63, 3.8) is 0 Å². The highest BCUT2D eigenvalue weighted by Crippen LogP contribution is 2.31. The molecule has 1 aromatic rings. The Morgan fingerprint density at radius 2 is 2.33 bits per heavy atom. The maximum Gasteiger partial charge on any atom is 0.322 e. The molecule has 0 bridgehead atoms. The van der Waals surface area contributed by atoms with Crippen LogP contribution in [-0.4, -0.2) is 26.2 Å². The molecule has 1 aliphatic heterocycles. The predicted molar refractivity (Wildman–Crippen MR) is 61.4 cm³/mol. The number of amides is 2. The number of hydrogen-bond donors (Lipinski definition) is 1. The van der Waals surface area contributed by atoms with Gasteiger partial charge in [0.1, 0.15) is 5.75 Å². The van der Waals surface area contributed by atoms with Crippen LogP contribution in [0.1, 0.15) is 0 Å². The van der Waals surface area contributed by atoms with Gasteiger partial charge in [0, 0.05) is 23.6 Å². The molecule has 0 unspecified atom stereocenters. The summed E-state index contributed by atoms with van der Waals surface area (Å²) < 4.78 is 6.01. The zero-order chi connectivity index (χ0) is 10.8. The number of nitrogens with zero attached hydrogens (tertiary/aromatic N) is 1. The number of halogens is 1. The van der Waals surface area contributed by atoms with Crippen LogP contribution >= 0.6 is 15.9 Å². The fraction of sp³-hybridized carbons (Fsp3) is 0.300. The van der Waals surface area contributed by atoms with Crippen molar-refractivity contribution in [1.82, 2.24) is 5.32 Å². The van der Waals surface area contributed by atoms with Gasteiger partial charge in [-0.3, -0.25) is 4.90 Å². The molecule has 0 radical (unpaired) electrons. The average Bonchev–Trinajstić information content (AvgIpc) is 2.65. The zero-order valence-electron chi connectivity index (χ0n) is 8.29. The van der Waals surface area contributed by atoms with Crippen LogP contribution in [0.15, 0.2) is 22.7 Å². The summed E-state index contributed by atoms with van der Waals surface area (Å²) in [5, 5.41) is 2.76. The molecule has 4 nitrogen and oxygen atoms in total. The minimum absolute atomic E-state index is 0.0658. The van der Waals surface area contributed by atoms with Crippen LogP contribution in [0.4, 0.5) is 10.5 Å². The summed E-state index contributed by atoms with van der Waals surface area (Å²) in [7, 11) is 1.61. The maximum absolute atomic E-state index is 11.5. The van der Waals surface area contributed by atoms with Gasteiger partial charge in [0.15, 0.2) is 0 Å². The highest BCUT2D eigenvalue weighted by atomic mass is 79.9. The van der Waals surface area contributed by atoms with Crippen LogP contribution in [0.5, 0.6) is 5.75 Å². The third-order valence-corrected chi connectivity index (χ3v) is 2.97. The van der Waals surface area contributed by atoms with E-state index in [1.165, 1.54) is 0 Å². The predicted octanol–water partition coefficient (Wildman–Crippen LogP) is 1.99. The van der Waals surface area contributed by atoms with E-state index in [4.69, 9.17) is 4.74 Å². The standard InChI is InChI=1S/C10H11BrN2O2/c1-15-7-2-3-8(11)9(6-7)13-5-4-12-10(13)14/h2-3,6H,4-5H2,1H3,(H,12,14). The van der Waals surface area contributed by atoms with Gasteiger partial charge in [0.05, 0.1) is 12.8 Å². The molecule has 1 N–H and O–H groups in total. The molecule has 1 saturated heterocycles. The van der Waals surface area contributed by atoms with Crippen molar-refractivity contribution in [2.45, 2.75) is 0 Å². The first-order valence-electron chi connectivity index (χ1n) is 4.61. The molecular formula is C10H11BrN2O2. The Bertz CT molecular complexity index is 395. The van der Waals surface area contributed by atoms with Crippen molar-refractivity contribution in [2.24, 2.45) is 0 Å². The molecule has 1 aliphatic rings. The van der Waals surface area contributed by atoms with E-state index in [1.54, 1.807) is 12.0 Å². The third-order valence-electron chi connectivity index (χ3n) is 2.30. The molecular weight excluding hydrogens is 260 g/mol. The number of urea groups is 1. The molecule has 0 aromatic heterocycles. The SMILES string of the molecule is COc1ccc(Br)c(N2CCNC2=O)c1. The second-order valence-electron chi connectivity index (χ2n) is 3.20. The molecule has 80 valence electrons. The first-order chi connectivity index (χ1) is 7.22. The van der Waals surface area contributed by atoms with Gasteiger partial charge in [-0.1, -0.05) is 0 Å². The Morgan fingerprint density at radius 1 is 1.53 bits per heavy atom. The number of rotatable bonds is 2. The van der Waals surface area contributed by atoms with Crippen LogP contribution in [-0.2, 0) is 0 Å². The molecule has 1 aromatic carbocycles. The number of benzene rings is 1. The summed E-state index contributed by atoms with van der Waals surface area (Å²) in [6.07, 6.45) is 0. The topological polar surface area (TPSA) is 41.6 Å². The zero-order valence-corrected chi connectivity index (χ0v) is 9.87. The smallest absolute Gasteiger partial charge is 0.322 e. The Kier molecular flexibility index (Phi) is 2.81. The summed E-state index contributed by atoms with van der Waals surface area (Å²) in [5.74, 6) is 0.743. The van der Waals surface area contributed by atoms with Crippen molar-refractivity contribution in [3.8, 4) is 5.75 Å². The van der Waals surface area contributed by atoms with E-state index in [9.17, 15) is 4.79 Å². The number of ether oxygens (including phenoxy) is 1. The fourth-order valence-electron chi connectivity index (χ4n) is 1.53. The van der Waals surface area contributed by atoms with Crippen LogP contribution in [0.3, 0.4) is 0 Å². The van der Waals surface area contributed by atoms with E-state index in [1.807, 2.05) is 18.2 Å². The first-order valence-corrected chi connectivity index (χ1v) is 5.40. The lowest BCUT2D eigenvalue weighted by atomic mass is 10.3. The first kappa shape index (κ1) is 10.3. The van der Waals surface area contributed by atoms with Gasteiger partial charge in [-0.25, -0.2) is 4.79 Å². The van der Waals surface area contributed by atoms with Crippen molar-refractivity contribution in [1.29, 1.82) is 0 Å². The van der Waals surface area contributed by atoms with Gasteiger partial charge in [-0.2, -0.15) is 0 Å². The fourth-order valence-corrected chi connectivity index (χ4v) is 1.99. The normalized spacial score (nSPS) is 15.3. The average molecular weight is 271 g/mol. The lowest BCUT2D eigenvalue weighted by molar-refractivity contribution is 0.252. The quantitative estimate of drug-likeness (QED) is 0.893. The molecule has 5 heteroatoms. The Morgan fingerprint density at radius 3 is 2.93 bits per heavy atom. The summed E-state index contributed by atoms with van der Waals surface area (Å²) in [6, 6.07) is 5.50. The molecule has 15 heavy (non-hydrogen) atoms. The number of carbonyl (C=O) groups excluding carboxylic acids is 1. The monoisotopic (exact) mass is 270 g/mol. The highest BCUT2D eigenvalue weighted by Gasteiger charge is 2.23. The van der Waals surface area contributed by atoms with Gasteiger partial charge >= 0.3 is 6.03 Å². The van der Waals surface area contributed by atoms with Crippen LogP contribution < -0.4 is 15.0 Å². The Labute approximate surface area is 96.3 Å². The minimum Gasteiger partial charge on any atom is -0.497 e. The van der Waals surface area contributed by atoms with Crippen molar-refractivity contribution >= 4 is 27.6 Å². The summed E-state index contributed by atoms with van der Waals surface area (Å²) in [5.41, 5.74) is 0.837. The number of hydrogen-bond acceptors (Lipinski definition) is 2. The highest BCUT2D eigenvalue weighted by molar-refractivity contribution is 9.10. The van der Waals surface area contributed by atoms with Crippen molar-refractivity contribution in [3.05, 3.63) is 22.7 Å². The van der Waals surface area contributed by atoms with Crippen LogP contribution in [0, 0.1) is 0 Å². The van der Waals surface area contributed by atoms with Crippen LogP contribution in [0.25, 0.3) is 0 Å². The van der Waals surface area contributed by atoms with E-state index < -0.39 is 0 Å². The summed E-state index contributed by atoms with van der Waals surface area (Å²) in [6.45, 7) is 1.37. The molecule has 2 amide bonds. The lowest BCUT2D eigenvalue weighted by Gasteiger charge is -2.16. The van der Waals surface area contributed by atoms with E-state index in [0.29, 0.717) is 13.1 Å². The van der Waals surface area contributed by atoms with Crippen LogP contribution in [0.2, 0.25) is 0 Å². The molecule has 1 fully saturated rings. The molecule has 0 atom stereocenters. The van der Waals surface area contributed by atoms with E-state index in [-0.39, 0.29) is 6.03 Å². The van der Waals surface area contributed by atoms with E-state index in [0.717, 1.165) is 15.9 Å². The number of methoxy groups -OCH3 is 1. The second kappa shape index (κ2) is 4.10. The summed E-state index contributed by atoms with van der Waals surface area (Å²) in [4.78, 5) is 13.2. The van der Waals surface area contributed by atoms with Crippen molar-refractivity contribution in [2.75, 3.05) is 25.1 Å². The number of carbonyl (C=O) groups is 1. The van der Waals surface area contributed by atoms with Gasteiger partial charge in [-0.05, 0) is 28.1 Å². The number of nitrogens with one attached hydrogen (secondary N) is 1. The van der Waals surface area contributed by atoms with Gasteiger partial charge in [-0.15, -0.1) is 0 Å². The van der Waals surface area contributed by atoms with Gasteiger partial charge in [0.25, 0.3) is 0 Å². The minimum atomic E-state index is -0.0658. The lowest BCUT2D eigenvalue weighted by Crippen LogP contribution is -2.27. The Hall–Kier alpha value is -1.23. The van der Waals surface area contributed by atoms with Crippen molar-refractivity contribution < 1.29 is 9.53 Å². The molecule has 2 rings (SSSR count). The number of anilines is 1.